The lowest BCUT2D eigenvalue weighted by Gasteiger charge is -1.94. The van der Waals surface area contributed by atoms with Gasteiger partial charge in [0.15, 0.2) is 0 Å². The third-order valence-electron chi connectivity index (χ3n) is 2.02. The lowest BCUT2D eigenvalue weighted by atomic mass is 10.1. The Balaban J connectivity index is 2.34. The summed E-state index contributed by atoms with van der Waals surface area (Å²) >= 11 is 0. The van der Waals surface area contributed by atoms with Gasteiger partial charge in [-0.05, 0) is 11.6 Å². The Kier molecular flexibility index (Phi) is 2.17. The number of carbonyl (C=O) groups excluding carboxylic acids is 3. The fraction of sp³-hybridized carbons (Fsp3) is 0. The molecule has 1 amide bonds. The molecule has 0 unspecified atom stereocenters. The summed E-state index contributed by atoms with van der Waals surface area (Å²) < 4.78 is 0. The minimum atomic E-state index is -1.00. The van der Waals surface area contributed by atoms with Crippen molar-refractivity contribution in [3.63, 3.8) is 0 Å². The number of hydrogen-bond donors (Lipinski definition) is 1. The van der Waals surface area contributed by atoms with Crippen LogP contribution in [0.5, 0.6) is 0 Å². The molecule has 1 N–H and O–H groups in total. The van der Waals surface area contributed by atoms with Crippen molar-refractivity contribution in [1.82, 2.24) is 5.32 Å². The second-order valence-electron chi connectivity index (χ2n) is 3.08. The minimum Gasteiger partial charge on any atom is -0.316 e. The van der Waals surface area contributed by atoms with Gasteiger partial charge in [0.1, 0.15) is 0 Å². The van der Waals surface area contributed by atoms with Crippen molar-refractivity contribution in [1.29, 1.82) is 0 Å². The summed E-state index contributed by atoms with van der Waals surface area (Å²) in [7, 11) is 0. The van der Waals surface area contributed by atoms with E-state index >= 15 is 0 Å². The third-order valence-corrected chi connectivity index (χ3v) is 2.02. The maximum absolute atomic E-state index is 11.2. The second-order valence-corrected chi connectivity index (χ2v) is 3.08. The van der Waals surface area contributed by atoms with Crippen LogP contribution in [0.25, 0.3) is 6.08 Å². The number of rotatable bonds is 1. The summed E-state index contributed by atoms with van der Waals surface area (Å²) in [6, 6.07) is 8.98. The Labute approximate surface area is 85.6 Å². The van der Waals surface area contributed by atoms with E-state index in [9.17, 15) is 14.4 Å². The Morgan fingerprint density at radius 2 is 1.60 bits per heavy atom. The van der Waals surface area contributed by atoms with Crippen LogP contribution in [0.1, 0.15) is 5.56 Å². The summed E-state index contributed by atoms with van der Waals surface area (Å²) in [4.78, 5) is 33.0. The van der Waals surface area contributed by atoms with Gasteiger partial charge in [0.2, 0.25) is 0 Å². The van der Waals surface area contributed by atoms with Crippen molar-refractivity contribution in [2.45, 2.75) is 0 Å². The van der Waals surface area contributed by atoms with E-state index in [1.807, 2.05) is 6.07 Å². The van der Waals surface area contributed by atoms with Crippen LogP contribution in [-0.4, -0.2) is 17.5 Å². The van der Waals surface area contributed by atoms with E-state index in [1.165, 1.54) is 6.08 Å². The first-order chi connectivity index (χ1) is 7.18. The average molecular weight is 201 g/mol. The monoisotopic (exact) mass is 201 g/mol. The summed E-state index contributed by atoms with van der Waals surface area (Å²) in [5.74, 6) is -2.64. The van der Waals surface area contributed by atoms with Crippen molar-refractivity contribution in [2.75, 3.05) is 0 Å². The number of Topliss-reactive ketones (excluding diaryl/α,β-unsaturated/α-hetero) is 2. The Morgan fingerprint density at radius 1 is 0.933 bits per heavy atom. The zero-order valence-electron chi connectivity index (χ0n) is 7.69. The highest BCUT2D eigenvalue weighted by molar-refractivity contribution is 6.70. The average Bonchev–Trinajstić information content (AvgIpc) is 2.48. The molecule has 0 atom stereocenters. The van der Waals surface area contributed by atoms with Crippen LogP contribution in [0, 0.1) is 0 Å². The van der Waals surface area contributed by atoms with E-state index in [-0.39, 0.29) is 5.70 Å². The number of allylic oxidation sites excluding steroid dienone is 1. The summed E-state index contributed by atoms with van der Waals surface area (Å²) in [5, 5.41) is 2.22. The normalized spacial score (nSPS) is 18.4. The minimum absolute atomic E-state index is 0.0381. The zero-order valence-corrected chi connectivity index (χ0v) is 7.69. The highest BCUT2D eigenvalue weighted by atomic mass is 16.2. The fourth-order valence-electron chi connectivity index (χ4n) is 1.28. The first kappa shape index (κ1) is 9.33. The molecule has 0 spiro atoms. The van der Waals surface area contributed by atoms with Gasteiger partial charge in [-0.2, -0.15) is 0 Å². The third kappa shape index (κ3) is 1.69. The Hall–Kier alpha value is -2.23. The van der Waals surface area contributed by atoms with Gasteiger partial charge in [-0.3, -0.25) is 14.4 Å². The molecule has 0 saturated carbocycles. The molecule has 2 rings (SSSR count). The van der Waals surface area contributed by atoms with Gasteiger partial charge < -0.3 is 5.32 Å². The van der Waals surface area contributed by atoms with Crippen molar-refractivity contribution < 1.29 is 14.4 Å². The zero-order chi connectivity index (χ0) is 10.8. The van der Waals surface area contributed by atoms with Crippen molar-refractivity contribution in [3.8, 4) is 0 Å². The van der Waals surface area contributed by atoms with Gasteiger partial charge in [0.25, 0.3) is 11.6 Å². The van der Waals surface area contributed by atoms with E-state index in [1.54, 1.807) is 24.3 Å². The lowest BCUT2D eigenvalue weighted by Crippen LogP contribution is -2.18. The molecule has 1 aromatic carbocycles. The Bertz CT molecular complexity index is 474. The van der Waals surface area contributed by atoms with Gasteiger partial charge in [0, 0.05) is 0 Å². The predicted octanol–water partition coefficient (Wildman–Crippen LogP) is 0.295. The molecular formula is C11H7NO3. The number of nitrogens with one attached hydrogen (secondary N) is 1. The molecule has 15 heavy (non-hydrogen) atoms. The molecule has 1 fully saturated rings. The topological polar surface area (TPSA) is 63.2 Å². The molecule has 4 heteroatoms. The summed E-state index contributed by atoms with van der Waals surface area (Å²) in [5.41, 5.74) is 0.798. The van der Waals surface area contributed by atoms with Gasteiger partial charge in [-0.15, -0.1) is 0 Å². The van der Waals surface area contributed by atoms with E-state index in [4.69, 9.17) is 0 Å². The van der Waals surface area contributed by atoms with E-state index in [0.29, 0.717) is 0 Å². The fourth-order valence-corrected chi connectivity index (χ4v) is 1.28. The second kappa shape index (κ2) is 3.49. The number of ketones is 2. The molecule has 1 heterocycles. The van der Waals surface area contributed by atoms with Crippen LogP contribution < -0.4 is 5.32 Å². The number of hydrogen-bond acceptors (Lipinski definition) is 3. The van der Waals surface area contributed by atoms with E-state index in [0.717, 1.165) is 5.56 Å². The lowest BCUT2D eigenvalue weighted by molar-refractivity contribution is -0.140. The van der Waals surface area contributed by atoms with Crippen LogP contribution in [0.4, 0.5) is 0 Å². The standard InChI is InChI=1S/C11H7NO3/c13-9-8(12-11(15)10(9)14)6-7-4-2-1-3-5-7/h1-6H,(H,12,15)/b8-6-. The van der Waals surface area contributed by atoms with Gasteiger partial charge in [0.05, 0.1) is 5.70 Å². The van der Waals surface area contributed by atoms with Gasteiger partial charge in [-0.1, -0.05) is 30.3 Å². The highest BCUT2D eigenvalue weighted by Gasteiger charge is 2.34. The molecule has 0 aromatic heterocycles. The van der Waals surface area contributed by atoms with Crippen molar-refractivity contribution in [3.05, 3.63) is 41.6 Å². The largest absolute Gasteiger partial charge is 0.316 e. The maximum atomic E-state index is 11.2. The smallest absolute Gasteiger partial charge is 0.300 e. The quantitative estimate of drug-likeness (QED) is 0.525. The van der Waals surface area contributed by atoms with Gasteiger partial charge >= 0.3 is 5.91 Å². The first-order valence-electron chi connectivity index (χ1n) is 4.35. The van der Waals surface area contributed by atoms with Gasteiger partial charge in [-0.25, -0.2) is 0 Å². The molecule has 0 aliphatic carbocycles. The summed E-state index contributed by atoms with van der Waals surface area (Å²) in [6.45, 7) is 0. The number of amides is 1. The van der Waals surface area contributed by atoms with Crippen molar-refractivity contribution >= 4 is 23.5 Å². The Morgan fingerprint density at radius 3 is 2.13 bits per heavy atom. The molecule has 1 aliphatic heterocycles. The van der Waals surface area contributed by atoms with Crippen LogP contribution in [0.2, 0.25) is 0 Å². The molecular weight excluding hydrogens is 194 g/mol. The van der Waals surface area contributed by atoms with Crippen LogP contribution >= 0.6 is 0 Å². The molecule has 1 aliphatic rings. The molecule has 4 nitrogen and oxygen atoms in total. The van der Waals surface area contributed by atoms with Crippen LogP contribution in [0.3, 0.4) is 0 Å². The van der Waals surface area contributed by atoms with Crippen LogP contribution in [0.15, 0.2) is 36.0 Å². The molecule has 0 bridgehead atoms. The SMILES string of the molecule is O=C1N/C(=C\c2ccccc2)C(=O)C1=O. The number of carbonyl (C=O) groups is 3. The molecule has 74 valence electrons. The molecule has 0 radical (unpaired) electrons. The number of benzene rings is 1. The summed E-state index contributed by atoms with van der Waals surface area (Å²) in [6.07, 6.45) is 1.48. The van der Waals surface area contributed by atoms with Crippen molar-refractivity contribution in [2.24, 2.45) is 0 Å². The maximum Gasteiger partial charge on any atom is 0.300 e. The van der Waals surface area contributed by atoms with E-state index < -0.39 is 17.5 Å². The van der Waals surface area contributed by atoms with Crippen LogP contribution in [-0.2, 0) is 14.4 Å². The highest BCUT2D eigenvalue weighted by Crippen LogP contribution is 2.09. The predicted molar refractivity (Wildman–Crippen MR) is 52.6 cm³/mol. The molecule has 1 aromatic rings. The van der Waals surface area contributed by atoms with E-state index in [2.05, 4.69) is 5.32 Å². The molecule has 1 saturated heterocycles. The first-order valence-corrected chi connectivity index (χ1v) is 4.35.